The average Bonchev–Trinajstić information content (AvgIpc) is 2.34. The monoisotopic (exact) mass is 232 g/mol. The molecule has 2 rings (SSSR count). The molecule has 2 heterocycles. The maximum absolute atomic E-state index is 11.4. The summed E-state index contributed by atoms with van der Waals surface area (Å²) in [7, 11) is 0. The quantitative estimate of drug-likeness (QED) is 0.673. The number of aromatic nitrogens is 2. The summed E-state index contributed by atoms with van der Waals surface area (Å²) in [5, 5.41) is 3.23. The van der Waals surface area contributed by atoms with Crippen molar-refractivity contribution in [1.29, 1.82) is 0 Å². The van der Waals surface area contributed by atoms with E-state index in [1.165, 1.54) is 6.07 Å². The lowest BCUT2D eigenvalue weighted by Gasteiger charge is -2.07. The molecule has 0 bridgehead atoms. The van der Waals surface area contributed by atoms with Crippen molar-refractivity contribution in [1.82, 2.24) is 9.97 Å². The van der Waals surface area contributed by atoms with Crippen LogP contribution in [0, 0.1) is 0 Å². The molecule has 4 N–H and O–H groups in total. The van der Waals surface area contributed by atoms with Crippen LogP contribution in [0.4, 0.5) is 5.69 Å². The Morgan fingerprint density at radius 2 is 2.29 bits per heavy atom. The molecule has 2 aromatic rings. The van der Waals surface area contributed by atoms with Crippen molar-refractivity contribution in [2.45, 2.75) is 12.8 Å². The Hall–Kier alpha value is -1.88. The van der Waals surface area contributed by atoms with Gasteiger partial charge in [0.15, 0.2) is 0 Å². The van der Waals surface area contributed by atoms with Crippen molar-refractivity contribution in [2.24, 2.45) is 5.73 Å². The standard InChI is InChI=1S/C12H16N4O/c13-5-1-2-6-14-10-8-11(17)16-9-4-3-7-15-12(9)10/h3-4,7-8H,1-2,5-6,13H2,(H2,14,16,17). The number of nitrogens with one attached hydrogen (secondary N) is 2. The number of nitrogens with zero attached hydrogens (tertiary/aromatic N) is 1. The second-order valence-corrected chi connectivity index (χ2v) is 3.87. The summed E-state index contributed by atoms with van der Waals surface area (Å²) in [5.41, 5.74) is 7.63. The fraction of sp³-hybridized carbons (Fsp3) is 0.333. The highest BCUT2D eigenvalue weighted by Gasteiger charge is 2.03. The average molecular weight is 232 g/mol. The van der Waals surface area contributed by atoms with E-state index < -0.39 is 0 Å². The summed E-state index contributed by atoms with van der Waals surface area (Å²) >= 11 is 0. The molecule has 5 heteroatoms. The number of aromatic amines is 1. The third kappa shape index (κ3) is 2.82. The smallest absolute Gasteiger partial charge is 0.250 e. The van der Waals surface area contributed by atoms with Crippen LogP contribution in [0.15, 0.2) is 29.2 Å². The van der Waals surface area contributed by atoms with Gasteiger partial charge in [-0.2, -0.15) is 0 Å². The Kier molecular flexibility index (Phi) is 3.72. The van der Waals surface area contributed by atoms with Crippen molar-refractivity contribution in [3.8, 4) is 0 Å². The summed E-state index contributed by atoms with van der Waals surface area (Å²) in [6.07, 6.45) is 3.67. The Morgan fingerprint density at radius 3 is 3.12 bits per heavy atom. The number of H-pyrrole nitrogens is 1. The molecule has 0 aromatic carbocycles. The number of hydrogen-bond donors (Lipinski definition) is 3. The van der Waals surface area contributed by atoms with Gasteiger partial charge in [0.1, 0.15) is 5.52 Å². The number of anilines is 1. The van der Waals surface area contributed by atoms with Gasteiger partial charge in [-0.25, -0.2) is 0 Å². The molecule has 5 nitrogen and oxygen atoms in total. The van der Waals surface area contributed by atoms with E-state index in [-0.39, 0.29) is 5.56 Å². The summed E-state index contributed by atoms with van der Waals surface area (Å²) in [4.78, 5) is 18.5. The number of fused-ring (bicyclic) bond motifs is 1. The summed E-state index contributed by atoms with van der Waals surface area (Å²) < 4.78 is 0. The molecule has 0 aliphatic carbocycles. The maximum atomic E-state index is 11.4. The van der Waals surface area contributed by atoms with Crippen LogP contribution in [-0.4, -0.2) is 23.1 Å². The van der Waals surface area contributed by atoms with E-state index in [0.29, 0.717) is 6.54 Å². The lowest BCUT2D eigenvalue weighted by molar-refractivity contribution is 0.774. The first-order chi connectivity index (χ1) is 8.31. The van der Waals surface area contributed by atoms with Gasteiger partial charge in [0.2, 0.25) is 0 Å². The number of unbranched alkanes of at least 4 members (excludes halogenated alkanes) is 1. The number of hydrogen-bond acceptors (Lipinski definition) is 4. The molecule has 0 spiro atoms. The van der Waals surface area contributed by atoms with Crippen LogP contribution in [0.2, 0.25) is 0 Å². The summed E-state index contributed by atoms with van der Waals surface area (Å²) in [6, 6.07) is 5.18. The van der Waals surface area contributed by atoms with Crippen molar-refractivity contribution in [3.05, 3.63) is 34.7 Å². The van der Waals surface area contributed by atoms with Crippen LogP contribution >= 0.6 is 0 Å². The zero-order valence-corrected chi connectivity index (χ0v) is 9.57. The van der Waals surface area contributed by atoms with Gasteiger partial charge in [-0.05, 0) is 31.5 Å². The van der Waals surface area contributed by atoms with Gasteiger partial charge in [-0.1, -0.05) is 0 Å². The Balaban J connectivity index is 2.23. The van der Waals surface area contributed by atoms with Gasteiger partial charge in [-0.3, -0.25) is 9.78 Å². The zero-order chi connectivity index (χ0) is 12.1. The Labute approximate surface area is 99.1 Å². The fourth-order valence-corrected chi connectivity index (χ4v) is 1.72. The van der Waals surface area contributed by atoms with Crippen LogP contribution in [0.1, 0.15) is 12.8 Å². The molecule has 0 saturated carbocycles. The molecule has 0 radical (unpaired) electrons. The zero-order valence-electron chi connectivity index (χ0n) is 9.57. The topological polar surface area (TPSA) is 83.8 Å². The molecule has 0 fully saturated rings. The predicted molar refractivity (Wildman–Crippen MR) is 69.1 cm³/mol. The van der Waals surface area contributed by atoms with Crippen molar-refractivity contribution in [3.63, 3.8) is 0 Å². The highest BCUT2D eigenvalue weighted by molar-refractivity contribution is 5.86. The van der Waals surface area contributed by atoms with Gasteiger partial charge < -0.3 is 16.0 Å². The summed E-state index contributed by atoms with van der Waals surface area (Å²) in [6.45, 7) is 1.49. The fourth-order valence-electron chi connectivity index (χ4n) is 1.72. The van der Waals surface area contributed by atoms with E-state index in [4.69, 9.17) is 5.73 Å². The second-order valence-electron chi connectivity index (χ2n) is 3.87. The van der Waals surface area contributed by atoms with Crippen molar-refractivity contribution >= 4 is 16.7 Å². The maximum Gasteiger partial charge on any atom is 0.250 e. The number of nitrogens with two attached hydrogens (primary N) is 1. The first-order valence-corrected chi connectivity index (χ1v) is 5.73. The van der Waals surface area contributed by atoms with Gasteiger partial charge in [0, 0.05) is 18.8 Å². The minimum absolute atomic E-state index is 0.119. The normalized spacial score (nSPS) is 10.6. The molecule has 0 amide bonds. The van der Waals surface area contributed by atoms with E-state index in [0.717, 1.165) is 36.1 Å². The highest BCUT2D eigenvalue weighted by Crippen LogP contribution is 2.16. The largest absolute Gasteiger partial charge is 0.383 e. The molecule has 0 atom stereocenters. The predicted octanol–water partition coefficient (Wildman–Crippen LogP) is 1.07. The van der Waals surface area contributed by atoms with Gasteiger partial charge in [0.05, 0.1) is 11.2 Å². The van der Waals surface area contributed by atoms with Crippen molar-refractivity contribution in [2.75, 3.05) is 18.4 Å². The lowest BCUT2D eigenvalue weighted by Crippen LogP contribution is -2.11. The molecule has 0 aliphatic rings. The Morgan fingerprint density at radius 1 is 1.41 bits per heavy atom. The first-order valence-electron chi connectivity index (χ1n) is 5.73. The number of rotatable bonds is 5. The highest BCUT2D eigenvalue weighted by atomic mass is 16.1. The SMILES string of the molecule is NCCCCNc1cc(=O)[nH]c2cccnc12. The van der Waals surface area contributed by atoms with Gasteiger partial charge in [-0.15, -0.1) is 0 Å². The Bertz CT molecular complexity index is 549. The lowest BCUT2D eigenvalue weighted by atomic mass is 10.2. The second kappa shape index (κ2) is 5.45. The molecule has 17 heavy (non-hydrogen) atoms. The molecule has 0 saturated heterocycles. The minimum Gasteiger partial charge on any atom is -0.383 e. The van der Waals surface area contributed by atoms with Crippen molar-refractivity contribution < 1.29 is 0 Å². The third-order valence-electron chi connectivity index (χ3n) is 2.54. The van der Waals surface area contributed by atoms with E-state index in [1.807, 2.05) is 6.07 Å². The van der Waals surface area contributed by atoms with Gasteiger partial charge >= 0.3 is 0 Å². The van der Waals surface area contributed by atoms with E-state index in [2.05, 4.69) is 15.3 Å². The van der Waals surface area contributed by atoms with Gasteiger partial charge in [0.25, 0.3) is 5.56 Å². The van der Waals surface area contributed by atoms with Crippen LogP contribution in [0.3, 0.4) is 0 Å². The first kappa shape index (κ1) is 11.6. The molecule has 0 unspecified atom stereocenters. The minimum atomic E-state index is -0.119. The van der Waals surface area contributed by atoms with E-state index in [1.54, 1.807) is 12.3 Å². The molecule has 90 valence electrons. The summed E-state index contributed by atoms with van der Waals surface area (Å²) in [5.74, 6) is 0. The molecule has 2 aromatic heterocycles. The van der Waals surface area contributed by atoms with Crippen LogP contribution < -0.4 is 16.6 Å². The molecule has 0 aliphatic heterocycles. The molecular formula is C12H16N4O. The van der Waals surface area contributed by atoms with E-state index >= 15 is 0 Å². The molecular weight excluding hydrogens is 216 g/mol. The van der Waals surface area contributed by atoms with Crippen LogP contribution in [-0.2, 0) is 0 Å². The van der Waals surface area contributed by atoms with Crippen LogP contribution in [0.5, 0.6) is 0 Å². The third-order valence-corrected chi connectivity index (χ3v) is 2.54. The van der Waals surface area contributed by atoms with Crippen LogP contribution in [0.25, 0.3) is 11.0 Å². The number of pyridine rings is 2. The van der Waals surface area contributed by atoms with E-state index in [9.17, 15) is 4.79 Å².